The molecule has 0 radical (unpaired) electrons. The van der Waals surface area contributed by atoms with Crippen LogP contribution in [-0.2, 0) is 4.79 Å². The van der Waals surface area contributed by atoms with E-state index in [1.54, 1.807) is 7.11 Å². The van der Waals surface area contributed by atoms with Crippen LogP contribution >= 0.6 is 0 Å². The Kier molecular flexibility index (Phi) is 3.31. The van der Waals surface area contributed by atoms with Crippen LogP contribution in [0.4, 0.5) is 5.69 Å². The number of methoxy groups -OCH3 is 1. The van der Waals surface area contributed by atoms with Gasteiger partial charge in [0.05, 0.1) is 18.1 Å². The van der Waals surface area contributed by atoms with Gasteiger partial charge in [-0.1, -0.05) is 12.1 Å². The van der Waals surface area contributed by atoms with Crippen molar-refractivity contribution < 1.29 is 9.53 Å². The number of ether oxygens (including phenoxy) is 1. The van der Waals surface area contributed by atoms with Gasteiger partial charge in [0.15, 0.2) is 0 Å². The summed E-state index contributed by atoms with van der Waals surface area (Å²) in [5.41, 5.74) is 3.44. The lowest BCUT2D eigenvalue weighted by Gasteiger charge is -2.03. The van der Waals surface area contributed by atoms with Crippen LogP contribution in [0, 0.1) is 0 Å². The molecule has 3 rings (SSSR count). The van der Waals surface area contributed by atoms with E-state index in [-0.39, 0.29) is 5.91 Å². The molecule has 0 aliphatic heterocycles. The quantitative estimate of drug-likeness (QED) is 0.774. The zero-order valence-electron chi connectivity index (χ0n) is 11.8. The third kappa shape index (κ3) is 2.72. The topological polar surface area (TPSA) is 67.0 Å². The van der Waals surface area contributed by atoms with Gasteiger partial charge in [0.25, 0.3) is 0 Å². The van der Waals surface area contributed by atoms with Gasteiger partial charge in [0.1, 0.15) is 11.6 Å². The molecule has 0 spiro atoms. The van der Waals surface area contributed by atoms with Crippen molar-refractivity contribution in [2.24, 2.45) is 0 Å². The van der Waals surface area contributed by atoms with Gasteiger partial charge in [0, 0.05) is 24.2 Å². The number of nitrogens with one attached hydrogen (secondary N) is 2. The fourth-order valence-corrected chi connectivity index (χ4v) is 2.20. The monoisotopic (exact) mass is 281 g/mol. The van der Waals surface area contributed by atoms with Crippen LogP contribution in [0.5, 0.6) is 5.75 Å². The van der Waals surface area contributed by atoms with E-state index in [0.717, 1.165) is 33.9 Å². The highest BCUT2D eigenvalue weighted by molar-refractivity contribution is 5.89. The number of nitrogens with zero attached hydrogens (tertiary/aromatic N) is 1. The zero-order valence-corrected chi connectivity index (χ0v) is 11.8. The minimum atomic E-state index is -0.0958. The van der Waals surface area contributed by atoms with Crippen molar-refractivity contribution in [1.82, 2.24) is 9.97 Å². The first-order chi connectivity index (χ1) is 10.2. The molecule has 1 aromatic heterocycles. The molecule has 0 aliphatic carbocycles. The molecule has 0 unspecified atom stereocenters. The van der Waals surface area contributed by atoms with E-state index >= 15 is 0 Å². The summed E-state index contributed by atoms with van der Waals surface area (Å²) < 4.78 is 5.20. The molecular formula is C16H15N3O2. The van der Waals surface area contributed by atoms with E-state index < -0.39 is 0 Å². The summed E-state index contributed by atoms with van der Waals surface area (Å²) in [6, 6.07) is 13.2. The van der Waals surface area contributed by atoms with Gasteiger partial charge in [-0.15, -0.1) is 0 Å². The number of benzene rings is 2. The van der Waals surface area contributed by atoms with Crippen LogP contribution in [0.3, 0.4) is 0 Å². The van der Waals surface area contributed by atoms with Crippen LogP contribution in [0.2, 0.25) is 0 Å². The van der Waals surface area contributed by atoms with E-state index in [1.165, 1.54) is 6.92 Å². The van der Waals surface area contributed by atoms with Crippen molar-refractivity contribution >= 4 is 22.6 Å². The zero-order chi connectivity index (χ0) is 14.8. The predicted octanol–water partition coefficient (Wildman–Crippen LogP) is 3.20. The molecule has 0 bridgehead atoms. The van der Waals surface area contributed by atoms with Crippen LogP contribution in [0.1, 0.15) is 6.92 Å². The molecule has 1 heterocycles. The Morgan fingerprint density at radius 1 is 1.24 bits per heavy atom. The highest BCUT2D eigenvalue weighted by Gasteiger charge is 2.07. The van der Waals surface area contributed by atoms with Crippen LogP contribution in [-0.4, -0.2) is 23.0 Å². The summed E-state index contributed by atoms with van der Waals surface area (Å²) in [7, 11) is 1.63. The number of H-pyrrole nitrogens is 1. The number of rotatable bonds is 3. The summed E-state index contributed by atoms with van der Waals surface area (Å²) in [6.45, 7) is 1.49. The van der Waals surface area contributed by atoms with Gasteiger partial charge >= 0.3 is 0 Å². The molecule has 2 aromatic carbocycles. The summed E-state index contributed by atoms with van der Waals surface area (Å²) in [4.78, 5) is 18.9. The van der Waals surface area contributed by atoms with Gasteiger partial charge in [-0.25, -0.2) is 4.98 Å². The number of aromatic nitrogens is 2. The third-order valence-corrected chi connectivity index (χ3v) is 3.15. The van der Waals surface area contributed by atoms with Crippen molar-refractivity contribution in [1.29, 1.82) is 0 Å². The Hall–Kier alpha value is -2.82. The maximum atomic E-state index is 11.1. The van der Waals surface area contributed by atoms with Gasteiger partial charge in [0.2, 0.25) is 5.91 Å². The molecule has 0 atom stereocenters. The molecule has 0 aliphatic rings. The second-order valence-corrected chi connectivity index (χ2v) is 4.73. The van der Waals surface area contributed by atoms with Crippen LogP contribution in [0.25, 0.3) is 22.4 Å². The van der Waals surface area contributed by atoms with Crippen molar-refractivity contribution in [2.45, 2.75) is 6.92 Å². The summed E-state index contributed by atoms with van der Waals surface area (Å²) in [5.74, 6) is 1.44. The average Bonchev–Trinajstić information content (AvgIpc) is 2.89. The number of carbonyl (C=O) groups excluding carboxylic acids is 1. The Bertz CT molecular complexity index is 808. The Morgan fingerprint density at radius 2 is 2.10 bits per heavy atom. The predicted molar refractivity (Wildman–Crippen MR) is 82.4 cm³/mol. The molecule has 5 nitrogen and oxygen atoms in total. The minimum absolute atomic E-state index is 0.0958. The second-order valence-electron chi connectivity index (χ2n) is 4.73. The Labute approximate surface area is 122 Å². The van der Waals surface area contributed by atoms with Crippen molar-refractivity contribution in [2.75, 3.05) is 12.4 Å². The summed E-state index contributed by atoms with van der Waals surface area (Å²) in [6.07, 6.45) is 0. The standard InChI is InChI=1S/C16H15N3O2/c1-10(20)17-12-5-3-4-11(8-12)16-18-14-7-6-13(21-2)9-15(14)19-16/h3-9H,1-2H3,(H,17,20)(H,18,19). The number of fused-ring (bicyclic) bond motifs is 1. The van der Waals surface area contributed by atoms with Crippen molar-refractivity contribution in [3.8, 4) is 17.1 Å². The Morgan fingerprint density at radius 3 is 2.86 bits per heavy atom. The average molecular weight is 281 g/mol. The number of carbonyl (C=O) groups is 1. The largest absolute Gasteiger partial charge is 0.497 e. The SMILES string of the molecule is COc1ccc2nc(-c3cccc(NC(C)=O)c3)[nH]c2c1. The summed E-state index contributed by atoms with van der Waals surface area (Å²) in [5, 5.41) is 2.77. The van der Waals surface area contributed by atoms with Crippen LogP contribution in [0.15, 0.2) is 42.5 Å². The molecule has 5 heteroatoms. The van der Waals surface area contributed by atoms with Gasteiger partial charge in [-0.2, -0.15) is 0 Å². The van der Waals surface area contributed by atoms with Gasteiger partial charge in [-0.3, -0.25) is 4.79 Å². The third-order valence-electron chi connectivity index (χ3n) is 3.15. The smallest absolute Gasteiger partial charge is 0.221 e. The Balaban J connectivity index is 2.01. The van der Waals surface area contributed by atoms with E-state index in [1.807, 2.05) is 42.5 Å². The maximum absolute atomic E-state index is 11.1. The molecule has 106 valence electrons. The number of amides is 1. The van der Waals surface area contributed by atoms with Crippen molar-refractivity contribution in [3.63, 3.8) is 0 Å². The summed E-state index contributed by atoms with van der Waals surface area (Å²) >= 11 is 0. The van der Waals surface area contributed by atoms with Gasteiger partial charge < -0.3 is 15.0 Å². The first-order valence-corrected chi connectivity index (χ1v) is 6.57. The number of imidazole rings is 1. The maximum Gasteiger partial charge on any atom is 0.221 e. The number of hydrogen-bond acceptors (Lipinski definition) is 3. The number of anilines is 1. The van der Waals surface area contributed by atoms with Crippen LogP contribution < -0.4 is 10.1 Å². The number of aromatic amines is 1. The minimum Gasteiger partial charge on any atom is -0.497 e. The fourth-order valence-electron chi connectivity index (χ4n) is 2.20. The molecule has 1 amide bonds. The molecule has 0 fully saturated rings. The lowest BCUT2D eigenvalue weighted by Crippen LogP contribution is -2.05. The van der Waals surface area contributed by atoms with E-state index in [2.05, 4.69) is 15.3 Å². The molecular weight excluding hydrogens is 266 g/mol. The lowest BCUT2D eigenvalue weighted by molar-refractivity contribution is -0.114. The van der Waals surface area contributed by atoms with E-state index in [0.29, 0.717) is 0 Å². The first-order valence-electron chi connectivity index (χ1n) is 6.57. The molecule has 3 aromatic rings. The molecule has 0 saturated carbocycles. The highest BCUT2D eigenvalue weighted by Crippen LogP contribution is 2.25. The van der Waals surface area contributed by atoms with Gasteiger partial charge in [-0.05, 0) is 24.3 Å². The van der Waals surface area contributed by atoms with E-state index in [4.69, 9.17) is 4.74 Å². The van der Waals surface area contributed by atoms with E-state index in [9.17, 15) is 4.79 Å². The normalized spacial score (nSPS) is 10.6. The lowest BCUT2D eigenvalue weighted by atomic mass is 10.2. The highest BCUT2D eigenvalue weighted by atomic mass is 16.5. The first kappa shape index (κ1) is 13.2. The second kappa shape index (κ2) is 5.28. The molecule has 21 heavy (non-hydrogen) atoms. The van der Waals surface area contributed by atoms with Crippen molar-refractivity contribution in [3.05, 3.63) is 42.5 Å². The fraction of sp³-hybridized carbons (Fsp3) is 0.125. The molecule has 2 N–H and O–H groups in total. The molecule has 0 saturated heterocycles. The number of hydrogen-bond donors (Lipinski definition) is 2.